The maximum absolute atomic E-state index is 11.1. The van der Waals surface area contributed by atoms with Crippen molar-refractivity contribution in [1.82, 2.24) is 0 Å². The second kappa shape index (κ2) is 3.29. The number of carboxylic acids is 1. The molecular formula is C10H18O3. The van der Waals surface area contributed by atoms with Crippen molar-refractivity contribution >= 4 is 5.97 Å². The summed E-state index contributed by atoms with van der Waals surface area (Å²) in [5.41, 5.74) is -0.659. The van der Waals surface area contributed by atoms with E-state index in [-0.39, 0.29) is 5.92 Å². The van der Waals surface area contributed by atoms with Crippen LogP contribution in [0.3, 0.4) is 0 Å². The number of carboxylic acid groups (broad SMARTS) is 1. The van der Waals surface area contributed by atoms with Crippen molar-refractivity contribution in [3.8, 4) is 0 Å². The van der Waals surface area contributed by atoms with Gasteiger partial charge in [-0.3, -0.25) is 4.79 Å². The number of aliphatic carboxylic acids is 1. The smallest absolute Gasteiger partial charge is 0.310 e. The highest BCUT2D eigenvalue weighted by Crippen LogP contribution is 2.51. The van der Waals surface area contributed by atoms with E-state index < -0.39 is 17.5 Å². The first kappa shape index (κ1) is 10.5. The topological polar surface area (TPSA) is 57.5 Å². The quantitative estimate of drug-likeness (QED) is 0.702. The largest absolute Gasteiger partial charge is 0.481 e. The van der Waals surface area contributed by atoms with Gasteiger partial charge in [-0.1, -0.05) is 13.8 Å². The van der Waals surface area contributed by atoms with Gasteiger partial charge in [-0.2, -0.15) is 0 Å². The van der Waals surface area contributed by atoms with E-state index in [1.54, 1.807) is 6.92 Å². The van der Waals surface area contributed by atoms with Gasteiger partial charge in [0.2, 0.25) is 0 Å². The molecule has 0 aromatic carbocycles. The van der Waals surface area contributed by atoms with Gasteiger partial charge < -0.3 is 10.2 Å². The van der Waals surface area contributed by atoms with Crippen LogP contribution in [0.15, 0.2) is 0 Å². The molecule has 1 aliphatic rings. The van der Waals surface area contributed by atoms with Gasteiger partial charge in [0.1, 0.15) is 0 Å². The molecule has 0 spiro atoms. The van der Waals surface area contributed by atoms with Gasteiger partial charge in [0, 0.05) is 0 Å². The standard InChI is InChI=1S/C10H18O3/c1-6-4-10(5-6,9(12)13)7(2)8(3)11/h6-8,11H,4-5H2,1-3H3,(H,12,13). The Hall–Kier alpha value is -0.570. The first-order valence-corrected chi connectivity index (χ1v) is 4.81. The lowest BCUT2D eigenvalue weighted by Gasteiger charge is -2.48. The first-order valence-electron chi connectivity index (χ1n) is 4.81. The highest BCUT2D eigenvalue weighted by atomic mass is 16.4. The summed E-state index contributed by atoms with van der Waals surface area (Å²) in [6, 6.07) is 0. The second-order valence-corrected chi connectivity index (χ2v) is 4.50. The number of hydrogen-bond acceptors (Lipinski definition) is 2. The molecule has 0 heterocycles. The number of hydrogen-bond donors (Lipinski definition) is 2. The Bertz CT molecular complexity index is 204. The molecule has 0 aromatic rings. The van der Waals surface area contributed by atoms with Crippen LogP contribution in [0.25, 0.3) is 0 Å². The van der Waals surface area contributed by atoms with Crippen LogP contribution in [0.2, 0.25) is 0 Å². The zero-order chi connectivity index (χ0) is 10.2. The lowest BCUT2D eigenvalue weighted by Crippen LogP contribution is -2.50. The van der Waals surface area contributed by atoms with Crippen LogP contribution in [0.1, 0.15) is 33.6 Å². The average molecular weight is 186 g/mol. The molecule has 0 aromatic heterocycles. The van der Waals surface area contributed by atoms with Crippen LogP contribution in [0, 0.1) is 17.3 Å². The van der Waals surface area contributed by atoms with Gasteiger partial charge in [0.05, 0.1) is 11.5 Å². The lowest BCUT2D eigenvalue weighted by molar-refractivity contribution is -0.168. The predicted molar refractivity (Wildman–Crippen MR) is 49.3 cm³/mol. The van der Waals surface area contributed by atoms with E-state index in [1.165, 1.54) is 0 Å². The third-order valence-electron chi connectivity index (χ3n) is 3.45. The fourth-order valence-corrected chi connectivity index (χ4v) is 2.39. The normalized spacial score (nSPS) is 37.7. The number of aliphatic hydroxyl groups is 1. The molecule has 0 saturated heterocycles. The van der Waals surface area contributed by atoms with E-state index in [4.69, 9.17) is 5.11 Å². The number of carbonyl (C=O) groups is 1. The number of aliphatic hydroxyl groups excluding tert-OH is 1. The van der Waals surface area contributed by atoms with E-state index in [0.29, 0.717) is 18.8 Å². The monoisotopic (exact) mass is 186 g/mol. The molecule has 0 aliphatic heterocycles. The molecule has 13 heavy (non-hydrogen) atoms. The lowest BCUT2D eigenvalue weighted by atomic mass is 9.56. The second-order valence-electron chi connectivity index (χ2n) is 4.50. The Morgan fingerprint density at radius 3 is 2.15 bits per heavy atom. The van der Waals surface area contributed by atoms with E-state index in [1.807, 2.05) is 6.92 Å². The molecular weight excluding hydrogens is 168 g/mol. The summed E-state index contributed by atoms with van der Waals surface area (Å²) in [7, 11) is 0. The molecule has 0 amide bonds. The van der Waals surface area contributed by atoms with Crippen molar-refractivity contribution in [2.24, 2.45) is 17.3 Å². The van der Waals surface area contributed by atoms with Gasteiger partial charge in [0.15, 0.2) is 0 Å². The summed E-state index contributed by atoms with van der Waals surface area (Å²) in [5.74, 6) is -0.419. The molecule has 2 atom stereocenters. The highest BCUT2D eigenvalue weighted by molar-refractivity contribution is 5.76. The molecule has 1 saturated carbocycles. The molecule has 2 unspecified atom stereocenters. The average Bonchev–Trinajstić information content (AvgIpc) is 1.96. The third-order valence-corrected chi connectivity index (χ3v) is 3.45. The first-order chi connectivity index (χ1) is 5.90. The Kier molecular flexibility index (Phi) is 2.66. The molecule has 0 radical (unpaired) electrons. The molecule has 0 bridgehead atoms. The maximum Gasteiger partial charge on any atom is 0.310 e. The van der Waals surface area contributed by atoms with Crippen LogP contribution in [-0.4, -0.2) is 22.3 Å². The summed E-state index contributed by atoms with van der Waals surface area (Å²) in [5, 5.41) is 18.5. The van der Waals surface area contributed by atoms with Crippen LogP contribution < -0.4 is 0 Å². The van der Waals surface area contributed by atoms with Crippen LogP contribution in [0.4, 0.5) is 0 Å². The van der Waals surface area contributed by atoms with E-state index in [2.05, 4.69) is 6.92 Å². The highest BCUT2D eigenvalue weighted by Gasteiger charge is 2.53. The van der Waals surface area contributed by atoms with Crippen LogP contribution in [-0.2, 0) is 4.79 Å². The van der Waals surface area contributed by atoms with Crippen molar-refractivity contribution in [2.75, 3.05) is 0 Å². The van der Waals surface area contributed by atoms with Gasteiger partial charge in [-0.15, -0.1) is 0 Å². The third kappa shape index (κ3) is 1.57. The molecule has 2 N–H and O–H groups in total. The van der Waals surface area contributed by atoms with E-state index in [0.717, 1.165) is 0 Å². The Morgan fingerprint density at radius 1 is 1.46 bits per heavy atom. The minimum atomic E-state index is -0.751. The molecule has 1 rings (SSSR count). The Labute approximate surface area is 78.8 Å². The summed E-state index contributed by atoms with van der Waals surface area (Å²) >= 11 is 0. The molecule has 76 valence electrons. The van der Waals surface area contributed by atoms with Gasteiger partial charge >= 0.3 is 5.97 Å². The summed E-state index contributed by atoms with van der Waals surface area (Å²) < 4.78 is 0. The summed E-state index contributed by atoms with van der Waals surface area (Å²) in [6.45, 7) is 5.54. The minimum Gasteiger partial charge on any atom is -0.481 e. The Morgan fingerprint density at radius 2 is 1.92 bits per heavy atom. The van der Waals surface area contributed by atoms with Crippen molar-refractivity contribution in [2.45, 2.75) is 39.7 Å². The summed E-state index contributed by atoms with van der Waals surface area (Å²) in [4.78, 5) is 11.1. The van der Waals surface area contributed by atoms with Crippen molar-refractivity contribution in [3.05, 3.63) is 0 Å². The zero-order valence-corrected chi connectivity index (χ0v) is 8.45. The van der Waals surface area contributed by atoms with Crippen molar-refractivity contribution in [1.29, 1.82) is 0 Å². The SMILES string of the molecule is CC1CC(C(=O)O)(C(C)C(C)O)C1. The zero-order valence-electron chi connectivity index (χ0n) is 8.45. The summed E-state index contributed by atoms with van der Waals surface area (Å²) in [6.07, 6.45) is 0.867. The number of rotatable bonds is 3. The van der Waals surface area contributed by atoms with Gasteiger partial charge in [-0.25, -0.2) is 0 Å². The van der Waals surface area contributed by atoms with E-state index in [9.17, 15) is 9.90 Å². The molecule has 1 aliphatic carbocycles. The fourth-order valence-electron chi connectivity index (χ4n) is 2.39. The van der Waals surface area contributed by atoms with Crippen molar-refractivity contribution in [3.63, 3.8) is 0 Å². The van der Waals surface area contributed by atoms with Crippen molar-refractivity contribution < 1.29 is 15.0 Å². The van der Waals surface area contributed by atoms with Crippen LogP contribution >= 0.6 is 0 Å². The molecule has 1 fully saturated rings. The van der Waals surface area contributed by atoms with Gasteiger partial charge in [0.25, 0.3) is 0 Å². The van der Waals surface area contributed by atoms with Crippen LogP contribution in [0.5, 0.6) is 0 Å². The van der Waals surface area contributed by atoms with E-state index >= 15 is 0 Å². The molecule has 3 nitrogen and oxygen atoms in total. The Balaban J connectivity index is 2.76. The predicted octanol–water partition coefficient (Wildman–Crippen LogP) is 1.50. The molecule has 3 heteroatoms. The minimum absolute atomic E-state index is 0.152. The van der Waals surface area contributed by atoms with Gasteiger partial charge in [-0.05, 0) is 31.6 Å². The fraction of sp³-hybridized carbons (Fsp3) is 0.900. The maximum atomic E-state index is 11.1.